The Bertz CT molecular complexity index is 223. The van der Waals surface area contributed by atoms with E-state index >= 15 is 0 Å². The summed E-state index contributed by atoms with van der Waals surface area (Å²) in [6, 6.07) is 0. The number of rotatable bonds is 2. The number of thiazole rings is 1. The zero-order chi connectivity index (χ0) is 8.23. The molecule has 1 aromatic heterocycles. The van der Waals surface area contributed by atoms with Gasteiger partial charge in [-0.15, -0.1) is 11.3 Å². The molecule has 2 heterocycles. The zero-order valence-electron chi connectivity index (χ0n) is 6.82. The molecule has 0 unspecified atom stereocenters. The molecule has 1 aliphatic rings. The van der Waals surface area contributed by atoms with Gasteiger partial charge in [0.25, 0.3) is 0 Å². The highest BCUT2D eigenvalue weighted by Crippen LogP contribution is 2.08. The summed E-state index contributed by atoms with van der Waals surface area (Å²) in [5.41, 5.74) is 1.86. The van der Waals surface area contributed by atoms with Gasteiger partial charge < -0.3 is 9.88 Å². The third kappa shape index (κ3) is 2.06. The molecule has 0 bridgehead atoms. The Labute approximate surface area is 76.3 Å². The lowest BCUT2D eigenvalue weighted by molar-refractivity contribution is 0.278. The summed E-state index contributed by atoms with van der Waals surface area (Å²) in [6.07, 6.45) is 3.98. The molecule has 1 N–H and O–H groups in total. The quantitative estimate of drug-likeness (QED) is 0.684. The van der Waals surface area contributed by atoms with E-state index in [9.17, 15) is 0 Å². The molecule has 0 aromatic carbocycles. The van der Waals surface area contributed by atoms with Crippen LogP contribution < -0.4 is 5.23 Å². The fourth-order valence-electron chi connectivity index (χ4n) is 1.28. The van der Waals surface area contributed by atoms with E-state index in [-0.39, 0.29) is 7.05 Å². The van der Waals surface area contributed by atoms with E-state index in [1.165, 1.54) is 4.88 Å². The van der Waals surface area contributed by atoms with Crippen molar-refractivity contribution >= 4 is 18.4 Å². The first-order valence-electron chi connectivity index (χ1n) is 4.17. The molecule has 0 amide bonds. The summed E-state index contributed by atoms with van der Waals surface area (Å²) in [5.74, 6) is 0. The fourth-order valence-corrected chi connectivity index (χ4v) is 1.90. The fraction of sp³-hybridized carbons (Fsp3) is 0.571. The van der Waals surface area contributed by atoms with Crippen LogP contribution in [0.5, 0.6) is 0 Å². The monoisotopic (exact) mass is 182 g/mol. The van der Waals surface area contributed by atoms with E-state index in [2.05, 4.69) is 10.2 Å². The van der Waals surface area contributed by atoms with Crippen LogP contribution in [0.25, 0.3) is 0 Å². The maximum atomic E-state index is 5.52. The number of aromatic nitrogens is 1. The summed E-state index contributed by atoms with van der Waals surface area (Å²) < 4.78 is 5.52. The topological polar surface area (TPSA) is 34.2 Å². The van der Waals surface area contributed by atoms with E-state index in [1.54, 1.807) is 11.3 Å². The molecule has 1 aliphatic heterocycles. The molecule has 64 valence electrons. The molecule has 0 spiro atoms. The van der Waals surface area contributed by atoms with Gasteiger partial charge >= 0.3 is 7.05 Å². The Kier molecular flexibility index (Phi) is 2.76. The lowest BCUT2D eigenvalue weighted by Crippen LogP contribution is -2.44. The van der Waals surface area contributed by atoms with E-state index in [0.29, 0.717) is 0 Å². The Morgan fingerprint density at radius 2 is 2.75 bits per heavy atom. The molecular weight excluding hydrogens is 171 g/mol. The highest BCUT2D eigenvalue weighted by Gasteiger charge is 2.19. The molecule has 1 saturated heterocycles. The Balaban J connectivity index is 1.86. The molecule has 3 nitrogen and oxygen atoms in total. The van der Waals surface area contributed by atoms with Gasteiger partial charge in [0.15, 0.2) is 0 Å². The van der Waals surface area contributed by atoms with Crippen LogP contribution in [0, 0.1) is 0 Å². The van der Waals surface area contributed by atoms with E-state index in [4.69, 9.17) is 4.65 Å². The van der Waals surface area contributed by atoms with Crippen molar-refractivity contribution < 1.29 is 4.65 Å². The summed E-state index contributed by atoms with van der Waals surface area (Å²) in [5, 5.41) is 3.31. The Morgan fingerprint density at radius 3 is 3.42 bits per heavy atom. The third-order valence-electron chi connectivity index (χ3n) is 1.88. The summed E-state index contributed by atoms with van der Waals surface area (Å²) in [4.78, 5) is 5.31. The number of nitrogens with zero attached hydrogens (tertiary/aromatic N) is 1. The van der Waals surface area contributed by atoms with Crippen LogP contribution in [-0.4, -0.2) is 25.2 Å². The number of hydrogen-bond donors (Lipinski definition) is 1. The lowest BCUT2D eigenvalue weighted by atomic mass is 9.77. The average molecular weight is 182 g/mol. The van der Waals surface area contributed by atoms with Crippen molar-refractivity contribution in [1.29, 1.82) is 0 Å². The molecule has 1 fully saturated rings. The van der Waals surface area contributed by atoms with Gasteiger partial charge in [0.05, 0.1) is 5.51 Å². The smallest absolute Gasteiger partial charge is 0.385 e. The van der Waals surface area contributed by atoms with Crippen LogP contribution in [-0.2, 0) is 11.0 Å². The predicted octanol–water partition coefficient (Wildman–Crippen LogP) is 0.723. The average Bonchev–Trinajstić information content (AvgIpc) is 2.59. The second kappa shape index (κ2) is 4.02. The molecule has 1 aromatic rings. The molecule has 5 heteroatoms. The second-order valence-corrected chi connectivity index (χ2v) is 3.81. The van der Waals surface area contributed by atoms with Crippen LogP contribution in [0.3, 0.4) is 0 Å². The van der Waals surface area contributed by atoms with E-state index in [0.717, 1.165) is 25.9 Å². The summed E-state index contributed by atoms with van der Waals surface area (Å²) in [7, 11) is 0.208. The standard InChI is InChI=1S/C7H11BN2OS/c1-2-10-8(11-3-1)4-7-5-9-6-12-7/h5-6,10H,1-4H2. The van der Waals surface area contributed by atoms with Crippen molar-refractivity contribution in [2.75, 3.05) is 13.2 Å². The molecule has 0 radical (unpaired) electrons. The van der Waals surface area contributed by atoms with E-state index < -0.39 is 0 Å². The first-order valence-corrected chi connectivity index (χ1v) is 5.05. The molecule has 0 saturated carbocycles. The second-order valence-electron chi connectivity index (χ2n) is 2.84. The molecule has 12 heavy (non-hydrogen) atoms. The van der Waals surface area contributed by atoms with Crippen molar-refractivity contribution in [1.82, 2.24) is 10.2 Å². The van der Waals surface area contributed by atoms with Gasteiger partial charge in [-0.2, -0.15) is 0 Å². The van der Waals surface area contributed by atoms with Crippen molar-refractivity contribution in [3.63, 3.8) is 0 Å². The van der Waals surface area contributed by atoms with Gasteiger partial charge in [0.1, 0.15) is 0 Å². The molecule has 2 rings (SSSR count). The van der Waals surface area contributed by atoms with Crippen molar-refractivity contribution in [3.8, 4) is 0 Å². The highest BCUT2D eigenvalue weighted by molar-refractivity contribution is 7.09. The van der Waals surface area contributed by atoms with Gasteiger partial charge in [-0.05, 0) is 13.0 Å². The van der Waals surface area contributed by atoms with Crippen molar-refractivity contribution in [3.05, 3.63) is 16.6 Å². The minimum Gasteiger partial charge on any atom is -0.421 e. The third-order valence-corrected chi connectivity index (χ3v) is 2.68. The van der Waals surface area contributed by atoms with Crippen molar-refractivity contribution in [2.45, 2.75) is 12.7 Å². The highest BCUT2D eigenvalue weighted by atomic mass is 32.1. The first kappa shape index (κ1) is 8.22. The maximum Gasteiger partial charge on any atom is 0.385 e. The molecular formula is C7H11BN2OS. The van der Waals surface area contributed by atoms with Gasteiger partial charge in [-0.25, -0.2) is 0 Å². The Morgan fingerprint density at radius 1 is 1.75 bits per heavy atom. The minimum absolute atomic E-state index is 0.208. The first-order chi connectivity index (χ1) is 5.95. The molecule has 0 aliphatic carbocycles. The predicted molar refractivity (Wildman–Crippen MR) is 50.1 cm³/mol. The minimum atomic E-state index is 0.208. The molecule has 0 atom stereocenters. The number of nitrogens with one attached hydrogen (secondary N) is 1. The van der Waals surface area contributed by atoms with Gasteiger partial charge in [-0.3, -0.25) is 4.98 Å². The van der Waals surface area contributed by atoms with E-state index in [1.807, 2.05) is 11.7 Å². The van der Waals surface area contributed by atoms with Crippen LogP contribution in [0.15, 0.2) is 11.7 Å². The lowest BCUT2D eigenvalue weighted by Gasteiger charge is -2.19. The Hall–Kier alpha value is -0.385. The SMILES string of the molecule is c1ncc(CB2NCCCO2)s1. The van der Waals surface area contributed by atoms with Crippen LogP contribution >= 0.6 is 11.3 Å². The maximum absolute atomic E-state index is 5.52. The van der Waals surface area contributed by atoms with Crippen LogP contribution in [0.4, 0.5) is 0 Å². The number of hydrogen-bond acceptors (Lipinski definition) is 4. The van der Waals surface area contributed by atoms with Gasteiger partial charge in [0.2, 0.25) is 0 Å². The summed E-state index contributed by atoms with van der Waals surface area (Å²) >= 11 is 1.69. The summed E-state index contributed by atoms with van der Waals surface area (Å²) in [6.45, 7) is 1.96. The zero-order valence-corrected chi connectivity index (χ0v) is 7.64. The van der Waals surface area contributed by atoms with Gasteiger partial charge in [-0.1, -0.05) is 0 Å². The van der Waals surface area contributed by atoms with Crippen LogP contribution in [0.1, 0.15) is 11.3 Å². The van der Waals surface area contributed by atoms with Crippen molar-refractivity contribution in [2.24, 2.45) is 0 Å². The normalized spacial score (nSPS) is 18.2. The largest absolute Gasteiger partial charge is 0.421 e. The van der Waals surface area contributed by atoms with Crippen LogP contribution in [0.2, 0.25) is 0 Å². The van der Waals surface area contributed by atoms with Gasteiger partial charge in [0, 0.05) is 24.0 Å².